The van der Waals surface area contributed by atoms with Gasteiger partial charge in [-0.2, -0.15) is 0 Å². The zero-order chi connectivity index (χ0) is 14.0. The molecule has 0 aromatic heterocycles. The van der Waals surface area contributed by atoms with E-state index in [1.807, 2.05) is 0 Å². The molecule has 1 aliphatic heterocycles. The van der Waals surface area contributed by atoms with Gasteiger partial charge in [-0.25, -0.2) is 9.18 Å². The third-order valence-corrected chi connectivity index (χ3v) is 3.44. The average Bonchev–Trinajstić information content (AvgIpc) is 2.40. The van der Waals surface area contributed by atoms with Crippen molar-refractivity contribution in [3.63, 3.8) is 0 Å². The maximum absolute atomic E-state index is 13.6. The molecular formula is C13H13ClFNO3. The van der Waals surface area contributed by atoms with Crippen molar-refractivity contribution in [1.82, 2.24) is 4.90 Å². The van der Waals surface area contributed by atoms with Crippen molar-refractivity contribution in [1.29, 1.82) is 0 Å². The summed E-state index contributed by atoms with van der Waals surface area (Å²) in [7, 11) is 0. The molecule has 1 fully saturated rings. The molecule has 1 aliphatic rings. The van der Waals surface area contributed by atoms with E-state index >= 15 is 0 Å². The number of benzene rings is 1. The molecule has 1 N–H and O–H groups in total. The second-order valence-electron chi connectivity index (χ2n) is 4.47. The lowest BCUT2D eigenvalue weighted by atomic mass is 10.0. The van der Waals surface area contributed by atoms with Gasteiger partial charge in [0.15, 0.2) is 0 Å². The number of carboxylic acids is 1. The zero-order valence-corrected chi connectivity index (χ0v) is 10.9. The Balaban J connectivity index is 2.31. The topological polar surface area (TPSA) is 57.6 Å². The first-order valence-corrected chi connectivity index (χ1v) is 6.37. The minimum Gasteiger partial charge on any atom is -0.480 e. The second kappa shape index (κ2) is 5.57. The molecule has 1 heterocycles. The molecule has 19 heavy (non-hydrogen) atoms. The molecule has 6 heteroatoms. The van der Waals surface area contributed by atoms with E-state index < -0.39 is 23.7 Å². The van der Waals surface area contributed by atoms with Crippen molar-refractivity contribution < 1.29 is 19.1 Å². The van der Waals surface area contributed by atoms with Crippen LogP contribution in [0.5, 0.6) is 0 Å². The third-order valence-electron chi connectivity index (χ3n) is 3.21. The Labute approximate surface area is 114 Å². The first kappa shape index (κ1) is 13.8. The standard InChI is InChI=1S/C13H13ClFNO3/c14-8-4-5-10(15)9(7-8)12(17)16-6-2-1-3-11(16)13(18)19/h4-5,7,11H,1-3,6H2,(H,18,19). The maximum Gasteiger partial charge on any atom is 0.326 e. The van der Waals surface area contributed by atoms with Gasteiger partial charge >= 0.3 is 5.97 Å². The van der Waals surface area contributed by atoms with E-state index in [2.05, 4.69) is 0 Å². The zero-order valence-electron chi connectivity index (χ0n) is 10.1. The number of amides is 1. The summed E-state index contributed by atoms with van der Waals surface area (Å²) >= 11 is 5.75. The van der Waals surface area contributed by atoms with Crippen LogP contribution >= 0.6 is 11.6 Å². The molecular weight excluding hydrogens is 273 g/mol. The molecule has 0 radical (unpaired) electrons. The quantitative estimate of drug-likeness (QED) is 0.908. The van der Waals surface area contributed by atoms with Crippen LogP contribution < -0.4 is 0 Å². The van der Waals surface area contributed by atoms with Crippen LogP contribution in [0.3, 0.4) is 0 Å². The van der Waals surface area contributed by atoms with Gasteiger partial charge in [-0.15, -0.1) is 0 Å². The van der Waals surface area contributed by atoms with Gasteiger partial charge in [0.1, 0.15) is 11.9 Å². The number of carboxylic acid groups (broad SMARTS) is 1. The first-order chi connectivity index (χ1) is 9.00. The Morgan fingerprint density at radius 1 is 1.37 bits per heavy atom. The SMILES string of the molecule is O=C(O)C1CCCCN1C(=O)c1cc(Cl)ccc1F. The lowest BCUT2D eigenvalue weighted by Gasteiger charge is -2.33. The predicted octanol–water partition coefficient (Wildman–Crippen LogP) is 2.56. The van der Waals surface area contributed by atoms with Crippen molar-refractivity contribution in [2.24, 2.45) is 0 Å². The summed E-state index contributed by atoms with van der Waals surface area (Å²) in [6, 6.07) is 2.79. The van der Waals surface area contributed by atoms with Gasteiger partial charge in [0.25, 0.3) is 5.91 Å². The van der Waals surface area contributed by atoms with Crippen molar-refractivity contribution in [2.45, 2.75) is 25.3 Å². The van der Waals surface area contributed by atoms with Gasteiger partial charge in [0, 0.05) is 11.6 Å². The summed E-state index contributed by atoms with van der Waals surface area (Å²) in [5.74, 6) is -2.37. The Kier molecular flexibility index (Phi) is 4.04. The molecule has 1 atom stereocenters. The predicted molar refractivity (Wildman–Crippen MR) is 67.7 cm³/mol. The van der Waals surface area contributed by atoms with Crippen molar-refractivity contribution >= 4 is 23.5 Å². The summed E-state index contributed by atoms with van der Waals surface area (Å²) < 4.78 is 13.6. The van der Waals surface area contributed by atoms with E-state index in [4.69, 9.17) is 16.7 Å². The maximum atomic E-state index is 13.6. The van der Waals surface area contributed by atoms with Gasteiger partial charge in [-0.05, 0) is 37.5 Å². The van der Waals surface area contributed by atoms with Gasteiger partial charge < -0.3 is 10.0 Å². The summed E-state index contributed by atoms with van der Waals surface area (Å²) in [6.45, 7) is 0.321. The number of carbonyl (C=O) groups is 2. The van der Waals surface area contributed by atoms with E-state index in [-0.39, 0.29) is 10.6 Å². The highest BCUT2D eigenvalue weighted by Crippen LogP contribution is 2.22. The normalized spacial score (nSPS) is 19.3. The van der Waals surface area contributed by atoms with Crippen LogP contribution in [0.4, 0.5) is 4.39 Å². The fourth-order valence-electron chi connectivity index (χ4n) is 2.25. The van der Waals surface area contributed by atoms with Crippen molar-refractivity contribution in [2.75, 3.05) is 6.54 Å². The number of hydrogen-bond donors (Lipinski definition) is 1. The molecule has 1 aromatic carbocycles. The number of rotatable bonds is 2. The molecule has 102 valence electrons. The molecule has 0 aliphatic carbocycles. The number of nitrogens with zero attached hydrogens (tertiary/aromatic N) is 1. The van der Waals surface area contributed by atoms with Gasteiger partial charge in [-0.3, -0.25) is 4.79 Å². The van der Waals surface area contributed by atoms with Gasteiger partial charge in [0.05, 0.1) is 5.56 Å². The Bertz CT molecular complexity index is 521. The number of halogens is 2. The molecule has 0 spiro atoms. The minimum atomic E-state index is -1.06. The van der Waals surface area contributed by atoms with Crippen molar-refractivity contribution in [3.05, 3.63) is 34.6 Å². The number of likely N-dealkylation sites (tertiary alicyclic amines) is 1. The fraction of sp³-hybridized carbons (Fsp3) is 0.385. The molecule has 1 unspecified atom stereocenters. The molecule has 1 amide bonds. The highest BCUT2D eigenvalue weighted by atomic mass is 35.5. The fourth-order valence-corrected chi connectivity index (χ4v) is 2.42. The van der Waals surface area contributed by atoms with Gasteiger partial charge in [-0.1, -0.05) is 11.6 Å². The lowest BCUT2D eigenvalue weighted by Crippen LogP contribution is -2.48. The van der Waals surface area contributed by atoms with Crippen LogP contribution in [-0.2, 0) is 4.79 Å². The third kappa shape index (κ3) is 2.87. The Morgan fingerprint density at radius 2 is 2.11 bits per heavy atom. The number of hydrogen-bond acceptors (Lipinski definition) is 2. The van der Waals surface area contributed by atoms with Crippen LogP contribution in [0.25, 0.3) is 0 Å². The van der Waals surface area contributed by atoms with Crippen LogP contribution in [-0.4, -0.2) is 34.5 Å². The van der Waals surface area contributed by atoms with Crippen LogP contribution in [0, 0.1) is 5.82 Å². The molecule has 2 rings (SSSR count). The lowest BCUT2D eigenvalue weighted by molar-refractivity contribution is -0.143. The number of carbonyl (C=O) groups excluding carboxylic acids is 1. The summed E-state index contributed by atoms with van der Waals surface area (Å²) in [5.41, 5.74) is -0.180. The summed E-state index contributed by atoms with van der Waals surface area (Å²) in [5, 5.41) is 9.36. The molecule has 0 bridgehead atoms. The van der Waals surface area contributed by atoms with E-state index in [1.165, 1.54) is 17.0 Å². The highest BCUT2D eigenvalue weighted by Gasteiger charge is 2.33. The average molecular weight is 286 g/mol. The summed E-state index contributed by atoms with van der Waals surface area (Å²) in [4.78, 5) is 24.6. The molecule has 1 saturated heterocycles. The van der Waals surface area contributed by atoms with E-state index in [1.54, 1.807) is 0 Å². The van der Waals surface area contributed by atoms with E-state index in [0.717, 1.165) is 18.9 Å². The van der Waals surface area contributed by atoms with E-state index in [9.17, 15) is 14.0 Å². The first-order valence-electron chi connectivity index (χ1n) is 5.99. The Hall–Kier alpha value is -1.62. The van der Waals surface area contributed by atoms with Gasteiger partial charge in [0.2, 0.25) is 0 Å². The number of aliphatic carboxylic acids is 1. The smallest absolute Gasteiger partial charge is 0.326 e. The van der Waals surface area contributed by atoms with Crippen LogP contribution in [0.1, 0.15) is 29.6 Å². The van der Waals surface area contributed by atoms with Crippen molar-refractivity contribution in [3.8, 4) is 0 Å². The van der Waals surface area contributed by atoms with Crippen LogP contribution in [0.2, 0.25) is 5.02 Å². The molecule has 1 aromatic rings. The van der Waals surface area contributed by atoms with Crippen LogP contribution in [0.15, 0.2) is 18.2 Å². The number of piperidine rings is 1. The Morgan fingerprint density at radius 3 is 2.79 bits per heavy atom. The highest BCUT2D eigenvalue weighted by molar-refractivity contribution is 6.31. The largest absolute Gasteiger partial charge is 0.480 e. The second-order valence-corrected chi connectivity index (χ2v) is 4.91. The molecule has 4 nitrogen and oxygen atoms in total. The summed E-state index contributed by atoms with van der Waals surface area (Å²) in [6.07, 6.45) is 1.86. The van der Waals surface area contributed by atoms with E-state index in [0.29, 0.717) is 13.0 Å². The minimum absolute atomic E-state index is 0.180. The monoisotopic (exact) mass is 285 g/mol. The molecule has 0 saturated carbocycles.